The molecule has 0 saturated carbocycles. The average Bonchev–Trinajstić information content (AvgIpc) is 2.61. The predicted molar refractivity (Wildman–Crippen MR) is 119 cm³/mol. The van der Waals surface area contributed by atoms with Gasteiger partial charge in [0.05, 0.1) is 5.56 Å². The number of hydrogen-bond donors (Lipinski definition) is 0. The quantitative estimate of drug-likeness (QED) is 0.406. The molecule has 0 saturated heterocycles. The normalized spacial score (nSPS) is 12.0. The number of aryl methyl sites for hydroxylation is 2. The van der Waals surface area contributed by atoms with Crippen molar-refractivity contribution in [3.63, 3.8) is 0 Å². The summed E-state index contributed by atoms with van der Waals surface area (Å²) in [6, 6.07) is 11.7. The molecule has 0 atom stereocenters. The van der Waals surface area contributed by atoms with Crippen molar-refractivity contribution < 1.29 is 14.0 Å². The van der Waals surface area contributed by atoms with E-state index >= 15 is 0 Å². The van der Waals surface area contributed by atoms with Gasteiger partial charge >= 0.3 is 5.97 Å². The predicted octanol–water partition coefficient (Wildman–Crippen LogP) is 6.61. The monoisotopic (exact) mass is 398 g/mol. The fourth-order valence-electron chi connectivity index (χ4n) is 2.76. The van der Waals surface area contributed by atoms with Gasteiger partial charge in [-0.25, -0.2) is 4.79 Å². The number of benzene rings is 2. The van der Waals surface area contributed by atoms with Crippen molar-refractivity contribution in [2.75, 3.05) is 0 Å². The number of esters is 1. The molecule has 0 aliphatic rings. The molecular formula is C24H34O3Si. The third kappa shape index (κ3) is 5.05. The lowest BCUT2D eigenvalue weighted by Gasteiger charge is -2.37. The molecule has 0 heterocycles. The van der Waals surface area contributed by atoms with E-state index in [9.17, 15) is 4.79 Å². The molecule has 0 aromatic heterocycles. The van der Waals surface area contributed by atoms with E-state index in [2.05, 4.69) is 47.7 Å². The van der Waals surface area contributed by atoms with E-state index in [0.717, 1.165) is 23.3 Å². The van der Waals surface area contributed by atoms with Gasteiger partial charge in [-0.15, -0.1) is 0 Å². The Morgan fingerprint density at radius 3 is 2.32 bits per heavy atom. The van der Waals surface area contributed by atoms with Crippen LogP contribution in [0.15, 0.2) is 36.4 Å². The zero-order valence-electron chi connectivity index (χ0n) is 18.6. The Hall–Kier alpha value is -2.07. The first-order valence-corrected chi connectivity index (χ1v) is 12.9. The van der Waals surface area contributed by atoms with E-state index in [-0.39, 0.29) is 17.6 Å². The van der Waals surface area contributed by atoms with E-state index in [1.807, 2.05) is 43.3 Å². The fraction of sp³-hybridized carbons (Fsp3) is 0.458. The summed E-state index contributed by atoms with van der Waals surface area (Å²) in [6.07, 6.45) is 0.902. The van der Waals surface area contributed by atoms with Crippen molar-refractivity contribution >= 4 is 14.3 Å². The van der Waals surface area contributed by atoms with Crippen LogP contribution >= 0.6 is 0 Å². The smallest absolute Gasteiger partial charge is 0.338 e. The maximum Gasteiger partial charge on any atom is 0.338 e. The first-order valence-electron chi connectivity index (χ1n) is 10.0. The Balaban J connectivity index is 2.14. The Morgan fingerprint density at radius 2 is 1.71 bits per heavy atom. The van der Waals surface area contributed by atoms with Crippen molar-refractivity contribution in [2.24, 2.45) is 0 Å². The van der Waals surface area contributed by atoms with Crippen LogP contribution in [0.4, 0.5) is 0 Å². The van der Waals surface area contributed by atoms with Gasteiger partial charge in [-0.1, -0.05) is 45.9 Å². The highest BCUT2D eigenvalue weighted by Gasteiger charge is 2.39. The molecule has 3 nitrogen and oxygen atoms in total. The topological polar surface area (TPSA) is 35.5 Å². The van der Waals surface area contributed by atoms with Crippen LogP contribution in [0.5, 0.6) is 5.75 Å². The Bertz CT molecular complexity index is 847. The zero-order chi connectivity index (χ0) is 21.1. The van der Waals surface area contributed by atoms with E-state index in [0.29, 0.717) is 5.56 Å². The third-order valence-corrected chi connectivity index (χ3v) is 10.2. The van der Waals surface area contributed by atoms with Gasteiger partial charge in [-0.2, -0.15) is 0 Å². The highest BCUT2D eigenvalue weighted by Crippen LogP contribution is 2.38. The van der Waals surface area contributed by atoms with Gasteiger partial charge in [-0.3, -0.25) is 0 Å². The molecule has 0 spiro atoms. The van der Waals surface area contributed by atoms with E-state index in [4.69, 9.17) is 9.16 Å². The summed E-state index contributed by atoms with van der Waals surface area (Å²) in [5, 5.41) is 0.129. The maximum absolute atomic E-state index is 12.5. The van der Waals surface area contributed by atoms with Crippen LogP contribution in [-0.4, -0.2) is 14.3 Å². The zero-order valence-corrected chi connectivity index (χ0v) is 19.6. The van der Waals surface area contributed by atoms with Gasteiger partial charge in [0.1, 0.15) is 12.4 Å². The molecular weight excluding hydrogens is 364 g/mol. The lowest BCUT2D eigenvalue weighted by atomic mass is 10.0. The van der Waals surface area contributed by atoms with Crippen LogP contribution < -0.4 is 4.43 Å². The number of carbonyl (C=O) groups is 1. The van der Waals surface area contributed by atoms with Gasteiger partial charge in [0.2, 0.25) is 8.32 Å². The minimum absolute atomic E-state index is 0.129. The molecule has 2 aromatic rings. The molecule has 0 fully saturated rings. The van der Waals surface area contributed by atoms with E-state index in [1.54, 1.807) is 0 Å². The van der Waals surface area contributed by atoms with Gasteiger partial charge in [0, 0.05) is 0 Å². The van der Waals surface area contributed by atoms with Crippen LogP contribution in [-0.2, 0) is 17.8 Å². The highest BCUT2D eigenvalue weighted by atomic mass is 28.4. The van der Waals surface area contributed by atoms with Crippen LogP contribution in [0, 0.1) is 13.8 Å². The summed E-state index contributed by atoms with van der Waals surface area (Å²) < 4.78 is 12.1. The summed E-state index contributed by atoms with van der Waals surface area (Å²) >= 11 is 0. The minimum atomic E-state index is -1.92. The highest BCUT2D eigenvalue weighted by molar-refractivity contribution is 6.74. The molecule has 0 aliphatic carbocycles. The molecule has 0 unspecified atom stereocenters. The van der Waals surface area contributed by atoms with Gasteiger partial charge in [0.25, 0.3) is 0 Å². The second-order valence-electron chi connectivity index (χ2n) is 8.97. The molecule has 0 N–H and O–H groups in total. The van der Waals surface area contributed by atoms with Crippen LogP contribution in [0.2, 0.25) is 18.1 Å². The first kappa shape index (κ1) is 22.2. The lowest BCUT2D eigenvalue weighted by Crippen LogP contribution is -2.44. The summed E-state index contributed by atoms with van der Waals surface area (Å²) in [5.41, 5.74) is 5.00. The number of rotatable bonds is 6. The van der Waals surface area contributed by atoms with Crippen molar-refractivity contribution in [1.82, 2.24) is 0 Å². The minimum Gasteiger partial charge on any atom is -0.543 e. The standard InChI is InChI=1S/C24H34O3Si/c1-9-19-15-20(14-13-17(19)2)23(25)26-16-21-11-10-12-22(18(21)3)27-28(7,8)24(4,5)6/h10-15H,9,16H2,1-8H3. The molecule has 0 aliphatic heterocycles. The maximum atomic E-state index is 12.5. The van der Waals surface area contributed by atoms with Gasteiger partial charge in [0.15, 0.2) is 0 Å². The Morgan fingerprint density at radius 1 is 1.04 bits per heavy atom. The summed E-state index contributed by atoms with van der Waals surface area (Å²) in [4.78, 5) is 12.5. The number of hydrogen-bond acceptors (Lipinski definition) is 3. The van der Waals surface area contributed by atoms with E-state index < -0.39 is 8.32 Å². The SMILES string of the molecule is CCc1cc(C(=O)OCc2cccc(O[Si](C)(C)C(C)(C)C)c2C)ccc1C. The molecule has 2 rings (SSSR count). The summed E-state index contributed by atoms with van der Waals surface area (Å²) in [5.74, 6) is 0.605. The number of ether oxygens (including phenoxy) is 1. The first-order chi connectivity index (χ1) is 13.0. The van der Waals surface area contributed by atoms with Gasteiger partial charge < -0.3 is 9.16 Å². The Labute approximate surface area is 171 Å². The summed E-state index contributed by atoms with van der Waals surface area (Å²) in [7, 11) is -1.92. The second kappa shape index (κ2) is 8.52. The molecule has 0 bridgehead atoms. The van der Waals surface area contributed by atoms with Crippen LogP contribution in [0.3, 0.4) is 0 Å². The molecule has 152 valence electrons. The average molecular weight is 399 g/mol. The number of carbonyl (C=O) groups excluding carboxylic acids is 1. The molecule has 0 radical (unpaired) electrons. The largest absolute Gasteiger partial charge is 0.543 e. The van der Waals surface area contributed by atoms with Crippen molar-refractivity contribution in [1.29, 1.82) is 0 Å². The van der Waals surface area contributed by atoms with Crippen molar-refractivity contribution in [3.8, 4) is 5.75 Å². The fourth-order valence-corrected chi connectivity index (χ4v) is 3.84. The lowest BCUT2D eigenvalue weighted by molar-refractivity contribution is 0.0471. The molecule has 2 aromatic carbocycles. The Kier molecular flexibility index (Phi) is 6.76. The van der Waals surface area contributed by atoms with E-state index in [1.165, 1.54) is 11.1 Å². The summed E-state index contributed by atoms with van der Waals surface area (Å²) in [6.45, 7) is 17.6. The van der Waals surface area contributed by atoms with Gasteiger partial charge in [-0.05, 0) is 78.9 Å². The second-order valence-corrected chi connectivity index (χ2v) is 13.7. The molecule has 4 heteroatoms. The third-order valence-electron chi connectivity index (χ3n) is 5.89. The molecule has 0 amide bonds. The van der Waals surface area contributed by atoms with Crippen molar-refractivity contribution in [3.05, 3.63) is 64.2 Å². The van der Waals surface area contributed by atoms with Crippen LogP contribution in [0.1, 0.15) is 60.3 Å². The van der Waals surface area contributed by atoms with Crippen molar-refractivity contribution in [2.45, 2.75) is 72.7 Å². The van der Waals surface area contributed by atoms with Crippen LogP contribution in [0.25, 0.3) is 0 Å². The molecule has 28 heavy (non-hydrogen) atoms.